The van der Waals surface area contributed by atoms with E-state index < -0.39 is 4.92 Å². The third kappa shape index (κ3) is 10.3. The van der Waals surface area contributed by atoms with Crippen molar-refractivity contribution in [1.29, 1.82) is 0 Å². The van der Waals surface area contributed by atoms with Gasteiger partial charge in [-0.05, 0) is 36.8 Å². The van der Waals surface area contributed by atoms with E-state index in [0.717, 1.165) is 11.3 Å². The number of carbonyl (C=O) groups excluding carboxylic acids is 1. The first-order chi connectivity index (χ1) is 23.4. The number of non-ortho nitro benzene ring substituents is 1. The number of hydrogen-bond donors (Lipinski definition) is 3. The molecule has 3 aromatic carbocycles. The zero-order chi connectivity index (χ0) is 33.6. The van der Waals surface area contributed by atoms with E-state index in [1.807, 2.05) is 18.2 Å². The summed E-state index contributed by atoms with van der Waals surface area (Å²) in [4.78, 5) is 41.0. The number of piperazine rings is 1. The number of nitrogens with one attached hydrogen (secondary N) is 3. The number of nitro benzene ring substituents is 1. The second-order valence-electron chi connectivity index (χ2n) is 11.1. The van der Waals surface area contributed by atoms with Crippen molar-refractivity contribution in [2.45, 2.75) is 13.5 Å². The molecule has 1 fully saturated rings. The van der Waals surface area contributed by atoms with Gasteiger partial charge in [-0.25, -0.2) is 0 Å². The van der Waals surface area contributed by atoms with E-state index >= 15 is 0 Å². The van der Waals surface area contributed by atoms with Gasteiger partial charge in [-0.2, -0.15) is 15.0 Å². The van der Waals surface area contributed by atoms with Crippen LogP contribution in [0.5, 0.6) is 0 Å². The number of rotatable bonds is 17. The third-order valence-corrected chi connectivity index (χ3v) is 7.65. The van der Waals surface area contributed by atoms with Crippen molar-refractivity contribution in [3.05, 3.63) is 106 Å². The van der Waals surface area contributed by atoms with E-state index in [1.165, 1.54) is 17.7 Å². The zero-order valence-corrected chi connectivity index (χ0v) is 27.0. The zero-order valence-electron chi connectivity index (χ0n) is 27.0. The molecule has 14 nitrogen and oxygen atoms in total. The Kier molecular flexibility index (Phi) is 12.4. The number of aromatic nitrogens is 3. The largest absolute Gasteiger partial charge is 0.377 e. The number of ether oxygens (including phenoxy) is 2. The minimum Gasteiger partial charge on any atom is -0.377 e. The lowest BCUT2D eigenvalue weighted by Crippen LogP contribution is -2.47. The third-order valence-electron chi connectivity index (χ3n) is 7.65. The van der Waals surface area contributed by atoms with Gasteiger partial charge in [-0.15, -0.1) is 0 Å². The average Bonchev–Trinajstić information content (AvgIpc) is 3.12. The van der Waals surface area contributed by atoms with Gasteiger partial charge in [-0.3, -0.25) is 14.9 Å². The average molecular weight is 656 g/mol. The molecular formula is C34H41N9O5. The fourth-order valence-electron chi connectivity index (χ4n) is 4.99. The molecule has 1 saturated heterocycles. The van der Waals surface area contributed by atoms with Crippen molar-refractivity contribution < 1.29 is 19.2 Å². The molecule has 0 unspecified atom stereocenters. The Morgan fingerprint density at radius 1 is 0.771 bits per heavy atom. The van der Waals surface area contributed by atoms with Crippen LogP contribution in [-0.4, -0.2) is 91.5 Å². The molecule has 2 heterocycles. The Morgan fingerprint density at radius 2 is 1.40 bits per heavy atom. The molecule has 14 heteroatoms. The molecule has 1 amide bonds. The first-order valence-electron chi connectivity index (χ1n) is 16.0. The summed E-state index contributed by atoms with van der Waals surface area (Å²) >= 11 is 0. The Bertz CT molecular complexity index is 1600. The number of hydrogen-bond acceptors (Lipinski definition) is 12. The predicted octanol–water partition coefficient (Wildman–Crippen LogP) is 3.90. The van der Waals surface area contributed by atoms with Gasteiger partial charge in [0.05, 0.1) is 31.4 Å². The Balaban J connectivity index is 1.08. The van der Waals surface area contributed by atoms with Crippen LogP contribution in [0.2, 0.25) is 0 Å². The van der Waals surface area contributed by atoms with Gasteiger partial charge < -0.3 is 35.2 Å². The molecule has 48 heavy (non-hydrogen) atoms. The van der Waals surface area contributed by atoms with Gasteiger partial charge >= 0.3 is 0 Å². The molecule has 0 radical (unpaired) electrons. The quantitative estimate of drug-likeness (QED) is 0.0857. The summed E-state index contributed by atoms with van der Waals surface area (Å²) in [7, 11) is 0. The highest BCUT2D eigenvalue weighted by atomic mass is 16.6. The molecule has 252 valence electrons. The second-order valence-corrected chi connectivity index (χ2v) is 11.1. The molecule has 0 aliphatic carbocycles. The number of benzene rings is 3. The molecule has 1 aliphatic rings. The topological polar surface area (TPSA) is 160 Å². The van der Waals surface area contributed by atoms with Crippen LogP contribution in [0.15, 0.2) is 78.9 Å². The van der Waals surface area contributed by atoms with Gasteiger partial charge in [0.25, 0.3) is 11.6 Å². The maximum Gasteiger partial charge on any atom is 0.269 e. The first kappa shape index (κ1) is 34.0. The van der Waals surface area contributed by atoms with Crippen LogP contribution in [-0.2, 0) is 16.0 Å². The van der Waals surface area contributed by atoms with Crippen molar-refractivity contribution >= 4 is 35.1 Å². The minimum absolute atomic E-state index is 0.0773. The van der Waals surface area contributed by atoms with Crippen molar-refractivity contribution in [2.24, 2.45) is 0 Å². The maximum atomic E-state index is 12.1. The first-order valence-corrected chi connectivity index (χ1v) is 16.0. The molecule has 0 bridgehead atoms. The molecule has 4 aromatic rings. The Morgan fingerprint density at radius 3 is 2.06 bits per heavy atom. The van der Waals surface area contributed by atoms with Crippen LogP contribution in [0, 0.1) is 17.0 Å². The minimum atomic E-state index is -0.391. The summed E-state index contributed by atoms with van der Waals surface area (Å²) in [6.07, 6.45) is 0. The highest BCUT2D eigenvalue weighted by Gasteiger charge is 2.21. The summed E-state index contributed by atoms with van der Waals surface area (Å²) in [6, 6.07) is 24.0. The van der Waals surface area contributed by atoms with E-state index in [0.29, 0.717) is 95.6 Å². The van der Waals surface area contributed by atoms with Gasteiger partial charge in [0, 0.05) is 69.2 Å². The second kappa shape index (κ2) is 17.5. The molecule has 0 atom stereocenters. The predicted molar refractivity (Wildman–Crippen MR) is 185 cm³/mol. The number of nitro groups is 1. The van der Waals surface area contributed by atoms with E-state index in [-0.39, 0.29) is 11.6 Å². The molecule has 1 aromatic heterocycles. The van der Waals surface area contributed by atoms with Crippen molar-refractivity contribution in [3.8, 4) is 0 Å². The lowest BCUT2D eigenvalue weighted by molar-refractivity contribution is -0.384. The van der Waals surface area contributed by atoms with Gasteiger partial charge in [0.1, 0.15) is 0 Å². The summed E-state index contributed by atoms with van der Waals surface area (Å²) in [5.41, 5.74) is 3.95. The summed E-state index contributed by atoms with van der Waals surface area (Å²) in [5, 5.41) is 20.4. The highest BCUT2D eigenvalue weighted by Crippen LogP contribution is 2.23. The fraction of sp³-hybridized carbons (Fsp3) is 0.353. The number of anilines is 4. The lowest BCUT2D eigenvalue weighted by atomic mass is 10.1. The lowest BCUT2D eigenvalue weighted by Gasteiger charge is -2.36. The standard InChI is InChI=1S/C34H41N9O5/c1-26-7-9-27(10-8-26)25-37-33-38-32(36-16-22-48-24-23-47-21-15-35-31(44)28-5-3-2-4-6-28)39-34(40-33)42-19-17-41(18-20-42)29-11-13-30(14-12-29)43(45)46/h2-14H,15-25H2,1H3,(H,35,44)(H2,36,37,38,39,40). The SMILES string of the molecule is Cc1ccc(CNc2nc(NCCOCCOCCNC(=O)c3ccccc3)nc(N3CCN(c4ccc([N+](=O)[O-])cc4)CC3)n2)cc1. The van der Waals surface area contributed by atoms with Crippen molar-refractivity contribution in [1.82, 2.24) is 20.3 Å². The van der Waals surface area contributed by atoms with Crippen LogP contribution in [0.3, 0.4) is 0 Å². The number of aryl methyl sites for hydroxylation is 1. The number of nitrogens with zero attached hydrogens (tertiary/aromatic N) is 6. The smallest absolute Gasteiger partial charge is 0.269 e. The van der Waals surface area contributed by atoms with Gasteiger partial charge in [0.15, 0.2) is 0 Å². The van der Waals surface area contributed by atoms with Gasteiger partial charge in [-0.1, -0.05) is 48.0 Å². The van der Waals surface area contributed by atoms with Crippen LogP contribution in [0.25, 0.3) is 0 Å². The van der Waals surface area contributed by atoms with Crippen LogP contribution in [0.4, 0.5) is 29.2 Å². The molecule has 0 spiro atoms. The molecule has 3 N–H and O–H groups in total. The van der Waals surface area contributed by atoms with Crippen LogP contribution in [0.1, 0.15) is 21.5 Å². The van der Waals surface area contributed by atoms with Crippen LogP contribution >= 0.6 is 0 Å². The van der Waals surface area contributed by atoms with E-state index in [1.54, 1.807) is 24.3 Å². The van der Waals surface area contributed by atoms with Crippen molar-refractivity contribution in [2.75, 3.05) is 86.1 Å². The molecule has 1 aliphatic heterocycles. The Labute approximate surface area is 279 Å². The van der Waals surface area contributed by atoms with Gasteiger partial charge in [0.2, 0.25) is 17.8 Å². The highest BCUT2D eigenvalue weighted by molar-refractivity contribution is 5.94. The monoisotopic (exact) mass is 655 g/mol. The number of amides is 1. The Hall–Kier alpha value is -5.34. The summed E-state index contributed by atoms with van der Waals surface area (Å²) < 4.78 is 11.3. The molecule has 0 saturated carbocycles. The fourth-order valence-corrected chi connectivity index (χ4v) is 4.99. The van der Waals surface area contributed by atoms with E-state index in [2.05, 4.69) is 61.9 Å². The molecular weight excluding hydrogens is 614 g/mol. The number of carbonyl (C=O) groups is 1. The van der Waals surface area contributed by atoms with E-state index in [4.69, 9.17) is 19.4 Å². The summed E-state index contributed by atoms with van der Waals surface area (Å²) in [6.45, 7) is 7.97. The normalized spacial score (nSPS) is 12.9. The summed E-state index contributed by atoms with van der Waals surface area (Å²) in [5.74, 6) is 1.35. The molecule has 5 rings (SSSR count). The maximum absolute atomic E-state index is 12.1. The van der Waals surface area contributed by atoms with Crippen LogP contribution < -0.4 is 25.8 Å². The van der Waals surface area contributed by atoms with E-state index in [9.17, 15) is 14.9 Å². The van der Waals surface area contributed by atoms with Crippen molar-refractivity contribution in [3.63, 3.8) is 0 Å².